The summed E-state index contributed by atoms with van der Waals surface area (Å²) in [5.41, 5.74) is 0. The first-order chi connectivity index (χ1) is 9.88. The van der Waals surface area contributed by atoms with E-state index in [0.717, 1.165) is 6.42 Å². The molecule has 1 aliphatic heterocycles. The van der Waals surface area contributed by atoms with Crippen LogP contribution in [0.15, 0.2) is 0 Å². The number of piperidine rings is 1. The summed E-state index contributed by atoms with van der Waals surface area (Å²) in [6, 6.07) is -0.558. The van der Waals surface area contributed by atoms with Crippen molar-refractivity contribution in [3.05, 3.63) is 0 Å². The zero-order valence-electron chi connectivity index (χ0n) is 12.7. The summed E-state index contributed by atoms with van der Waals surface area (Å²) in [7, 11) is 0. The Kier molecular flexibility index (Phi) is 7.45. The number of rotatable bonds is 7. The van der Waals surface area contributed by atoms with E-state index in [1.54, 1.807) is 11.8 Å². The standard InChI is InChI=1S/C14H25F3N2O2/c1-3-7-18-12(13(20)21-4-2)10-19-8-5-6-11(9-19)14(15,16)17/h11-12,18H,3-10H2,1-2H3. The molecular formula is C14H25F3N2O2. The first-order valence-electron chi connectivity index (χ1n) is 7.57. The molecule has 1 saturated heterocycles. The summed E-state index contributed by atoms with van der Waals surface area (Å²) in [6.07, 6.45) is -2.63. The zero-order chi connectivity index (χ0) is 15.9. The fourth-order valence-electron chi connectivity index (χ4n) is 2.53. The number of carbonyl (C=O) groups excluding carboxylic acids is 1. The van der Waals surface area contributed by atoms with Crippen molar-refractivity contribution in [3.63, 3.8) is 0 Å². The molecule has 1 aliphatic rings. The minimum absolute atomic E-state index is 0.0345. The summed E-state index contributed by atoms with van der Waals surface area (Å²) in [4.78, 5) is 13.6. The van der Waals surface area contributed by atoms with Crippen LogP contribution in [0.5, 0.6) is 0 Å². The molecule has 0 bridgehead atoms. The van der Waals surface area contributed by atoms with E-state index in [1.165, 1.54) is 0 Å². The summed E-state index contributed by atoms with van der Waals surface area (Å²) >= 11 is 0. The van der Waals surface area contributed by atoms with E-state index >= 15 is 0 Å². The minimum Gasteiger partial charge on any atom is -0.465 e. The number of ether oxygens (including phenoxy) is 1. The van der Waals surface area contributed by atoms with Gasteiger partial charge < -0.3 is 15.0 Å². The molecule has 0 aliphatic carbocycles. The Morgan fingerprint density at radius 2 is 2.14 bits per heavy atom. The van der Waals surface area contributed by atoms with Gasteiger partial charge in [0.1, 0.15) is 6.04 Å². The van der Waals surface area contributed by atoms with Crippen LogP contribution >= 0.6 is 0 Å². The predicted molar refractivity (Wildman–Crippen MR) is 73.9 cm³/mol. The molecule has 2 unspecified atom stereocenters. The molecule has 1 rings (SSSR count). The first kappa shape index (κ1) is 18.2. The Morgan fingerprint density at radius 1 is 1.43 bits per heavy atom. The maximum atomic E-state index is 12.8. The number of likely N-dealkylation sites (tertiary alicyclic amines) is 1. The molecule has 1 N–H and O–H groups in total. The Balaban J connectivity index is 2.58. The zero-order valence-corrected chi connectivity index (χ0v) is 12.7. The molecule has 1 fully saturated rings. The fourth-order valence-corrected chi connectivity index (χ4v) is 2.53. The second-order valence-corrected chi connectivity index (χ2v) is 5.40. The molecule has 21 heavy (non-hydrogen) atoms. The third-order valence-corrected chi connectivity index (χ3v) is 3.62. The number of carbonyl (C=O) groups is 1. The van der Waals surface area contributed by atoms with Crippen LogP contribution in [0, 0.1) is 5.92 Å². The van der Waals surface area contributed by atoms with Crippen LogP contribution in [-0.2, 0) is 9.53 Å². The average molecular weight is 310 g/mol. The van der Waals surface area contributed by atoms with E-state index in [-0.39, 0.29) is 32.1 Å². The van der Waals surface area contributed by atoms with Crippen LogP contribution in [0.2, 0.25) is 0 Å². The van der Waals surface area contributed by atoms with Crippen LogP contribution < -0.4 is 5.32 Å². The molecule has 7 heteroatoms. The van der Waals surface area contributed by atoms with Gasteiger partial charge in [-0.2, -0.15) is 13.2 Å². The van der Waals surface area contributed by atoms with Crippen molar-refractivity contribution < 1.29 is 22.7 Å². The molecule has 0 radical (unpaired) electrons. The van der Waals surface area contributed by atoms with Crippen molar-refractivity contribution in [2.24, 2.45) is 5.92 Å². The highest BCUT2D eigenvalue weighted by atomic mass is 19.4. The number of hydrogen-bond donors (Lipinski definition) is 1. The lowest BCUT2D eigenvalue weighted by Gasteiger charge is -2.35. The van der Waals surface area contributed by atoms with Gasteiger partial charge in [-0.3, -0.25) is 4.79 Å². The third kappa shape index (κ3) is 6.22. The Hall–Kier alpha value is -0.820. The normalized spacial score (nSPS) is 22.0. The van der Waals surface area contributed by atoms with E-state index in [0.29, 0.717) is 19.5 Å². The second-order valence-electron chi connectivity index (χ2n) is 5.40. The highest BCUT2D eigenvalue weighted by Gasteiger charge is 2.42. The number of alkyl halides is 3. The lowest BCUT2D eigenvalue weighted by molar-refractivity contribution is -0.187. The van der Waals surface area contributed by atoms with Gasteiger partial charge in [0.15, 0.2) is 0 Å². The average Bonchev–Trinajstić information content (AvgIpc) is 2.43. The van der Waals surface area contributed by atoms with Gasteiger partial charge in [0.05, 0.1) is 12.5 Å². The van der Waals surface area contributed by atoms with Gasteiger partial charge in [0.2, 0.25) is 0 Å². The summed E-state index contributed by atoms with van der Waals surface area (Å²) in [5, 5.41) is 3.06. The number of nitrogens with zero attached hydrogens (tertiary/aromatic N) is 1. The summed E-state index contributed by atoms with van der Waals surface area (Å²) in [6.45, 7) is 5.42. The molecular weight excluding hydrogens is 285 g/mol. The van der Waals surface area contributed by atoms with Gasteiger partial charge in [-0.25, -0.2) is 0 Å². The van der Waals surface area contributed by atoms with E-state index in [1.807, 2.05) is 6.92 Å². The lowest BCUT2D eigenvalue weighted by Crippen LogP contribution is -2.51. The maximum Gasteiger partial charge on any atom is 0.393 e. The van der Waals surface area contributed by atoms with Crippen molar-refractivity contribution in [1.82, 2.24) is 10.2 Å². The third-order valence-electron chi connectivity index (χ3n) is 3.62. The second kappa shape index (κ2) is 8.58. The number of hydrogen-bond acceptors (Lipinski definition) is 4. The summed E-state index contributed by atoms with van der Waals surface area (Å²) < 4.78 is 43.4. The Bertz CT molecular complexity index is 324. The first-order valence-corrected chi connectivity index (χ1v) is 7.57. The van der Waals surface area contributed by atoms with E-state index in [2.05, 4.69) is 5.32 Å². The largest absolute Gasteiger partial charge is 0.465 e. The van der Waals surface area contributed by atoms with Crippen LogP contribution in [-0.4, -0.2) is 55.9 Å². The van der Waals surface area contributed by atoms with Gasteiger partial charge >= 0.3 is 12.1 Å². The molecule has 0 aromatic heterocycles. The molecule has 4 nitrogen and oxygen atoms in total. The predicted octanol–water partition coefficient (Wildman–Crippen LogP) is 2.19. The van der Waals surface area contributed by atoms with E-state index in [9.17, 15) is 18.0 Å². The van der Waals surface area contributed by atoms with Crippen molar-refractivity contribution in [1.29, 1.82) is 0 Å². The van der Waals surface area contributed by atoms with Crippen molar-refractivity contribution in [3.8, 4) is 0 Å². The molecule has 0 aromatic carbocycles. The molecule has 0 aromatic rings. The van der Waals surface area contributed by atoms with Crippen LogP contribution in [0.4, 0.5) is 13.2 Å². The smallest absolute Gasteiger partial charge is 0.393 e. The van der Waals surface area contributed by atoms with Crippen LogP contribution in [0.3, 0.4) is 0 Å². The van der Waals surface area contributed by atoms with Crippen molar-refractivity contribution >= 4 is 5.97 Å². The lowest BCUT2D eigenvalue weighted by atomic mass is 9.97. The summed E-state index contributed by atoms with van der Waals surface area (Å²) in [5.74, 6) is -1.68. The number of nitrogens with one attached hydrogen (secondary N) is 1. The number of esters is 1. The van der Waals surface area contributed by atoms with Crippen LogP contribution in [0.1, 0.15) is 33.1 Å². The SMILES string of the molecule is CCCNC(CN1CCCC(C(F)(F)F)C1)C(=O)OCC. The topological polar surface area (TPSA) is 41.6 Å². The van der Waals surface area contributed by atoms with Gasteiger partial charge in [-0.15, -0.1) is 0 Å². The number of halogens is 3. The highest BCUT2D eigenvalue weighted by Crippen LogP contribution is 2.33. The van der Waals surface area contributed by atoms with Gasteiger partial charge in [0.25, 0.3) is 0 Å². The quantitative estimate of drug-likeness (QED) is 0.732. The molecule has 1 heterocycles. The fraction of sp³-hybridized carbons (Fsp3) is 0.929. The molecule has 124 valence electrons. The van der Waals surface area contributed by atoms with E-state index < -0.39 is 18.1 Å². The molecule has 2 atom stereocenters. The Morgan fingerprint density at radius 3 is 2.71 bits per heavy atom. The van der Waals surface area contributed by atoms with Crippen molar-refractivity contribution in [2.75, 3.05) is 32.8 Å². The van der Waals surface area contributed by atoms with Gasteiger partial charge in [0, 0.05) is 13.1 Å². The van der Waals surface area contributed by atoms with E-state index in [4.69, 9.17) is 4.74 Å². The Labute approximate surface area is 124 Å². The van der Waals surface area contributed by atoms with Gasteiger partial charge in [-0.05, 0) is 39.3 Å². The van der Waals surface area contributed by atoms with Crippen molar-refractivity contribution in [2.45, 2.75) is 45.3 Å². The molecule has 0 spiro atoms. The maximum absolute atomic E-state index is 12.8. The minimum atomic E-state index is -4.16. The van der Waals surface area contributed by atoms with Gasteiger partial charge in [-0.1, -0.05) is 6.92 Å². The highest BCUT2D eigenvalue weighted by molar-refractivity contribution is 5.76. The van der Waals surface area contributed by atoms with Crippen LogP contribution in [0.25, 0.3) is 0 Å². The monoisotopic (exact) mass is 310 g/mol. The molecule has 0 amide bonds. The molecule has 0 saturated carbocycles.